The largest absolute Gasteiger partial charge is 0.349 e. The van der Waals surface area contributed by atoms with Gasteiger partial charge in [-0.05, 0) is 37.8 Å². The molecule has 1 aliphatic rings. The number of hydrogen-bond donors (Lipinski definition) is 1. The lowest BCUT2D eigenvalue weighted by atomic mass is 9.80. The van der Waals surface area contributed by atoms with Crippen molar-refractivity contribution < 1.29 is 13.6 Å². The highest BCUT2D eigenvalue weighted by atomic mass is 19.2. The van der Waals surface area contributed by atoms with Crippen LogP contribution in [0, 0.1) is 17.6 Å². The van der Waals surface area contributed by atoms with Crippen molar-refractivity contribution in [2.75, 3.05) is 0 Å². The maximum Gasteiger partial charge on any atom is 0.254 e. The smallest absolute Gasteiger partial charge is 0.254 e. The van der Waals surface area contributed by atoms with E-state index in [1.165, 1.54) is 18.6 Å². The van der Waals surface area contributed by atoms with Gasteiger partial charge in [-0.2, -0.15) is 0 Å². The maximum absolute atomic E-state index is 13.4. The Bertz CT molecular complexity index is 429. The molecule has 0 radical (unpaired) electrons. The summed E-state index contributed by atoms with van der Waals surface area (Å²) in [5.41, 5.74) is -0.226. The zero-order chi connectivity index (χ0) is 12.4. The molecule has 0 aliphatic heterocycles. The van der Waals surface area contributed by atoms with E-state index >= 15 is 0 Å². The Kier molecular flexibility index (Phi) is 3.41. The highest BCUT2D eigenvalue weighted by Crippen LogP contribution is 2.29. The van der Waals surface area contributed by atoms with Crippen molar-refractivity contribution in [1.29, 1.82) is 0 Å². The molecule has 4 heteroatoms. The van der Waals surface area contributed by atoms with Crippen molar-refractivity contribution in [1.82, 2.24) is 5.32 Å². The van der Waals surface area contributed by atoms with E-state index < -0.39 is 17.5 Å². The molecule has 2 nitrogen and oxygen atoms in total. The lowest BCUT2D eigenvalue weighted by molar-refractivity contribution is 0.0904. The normalized spacial score (nSPS) is 17.4. The van der Waals surface area contributed by atoms with Crippen LogP contribution in [0.25, 0.3) is 0 Å². The third-order valence-corrected chi connectivity index (χ3v) is 3.41. The van der Waals surface area contributed by atoms with E-state index in [1.807, 2.05) is 6.92 Å². The first-order valence-electron chi connectivity index (χ1n) is 5.84. The van der Waals surface area contributed by atoms with Gasteiger partial charge in [-0.3, -0.25) is 4.79 Å². The number of carbonyl (C=O) groups is 1. The Morgan fingerprint density at radius 3 is 2.71 bits per heavy atom. The van der Waals surface area contributed by atoms with E-state index in [4.69, 9.17) is 0 Å². The number of rotatable bonds is 3. The molecule has 1 fully saturated rings. The molecular formula is C13H15F2NO. The van der Waals surface area contributed by atoms with Gasteiger partial charge in [0.25, 0.3) is 5.91 Å². The molecule has 0 aromatic heterocycles. The minimum atomic E-state index is -1.08. The minimum Gasteiger partial charge on any atom is -0.349 e. The Balaban J connectivity index is 2.06. The van der Waals surface area contributed by atoms with Gasteiger partial charge in [-0.25, -0.2) is 8.78 Å². The second-order valence-electron chi connectivity index (χ2n) is 4.55. The number of nitrogens with one attached hydrogen (secondary N) is 1. The van der Waals surface area contributed by atoms with E-state index in [0.29, 0.717) is 5.92 Å². The average molecular weight is 239 g/mol. The van der Waals surface area contributed by atoms with Gasteiger partial charge in [0.05, 0.1) is 5.56 Å². The topological polar surface area (TPSA) is 29.1 Å². The first-order chi connectivity index (χ1) is 8.09. The maximum atomic E-state index is 13.4. The quantitative estimate of drug-likeness (QED) is 0.863. The van der Waals surface area contributed by atoms with Crippen molar-refractivity contribution in [3.8, 4) is 0 Å². The van der Waals surface area contributed by atoms with Crippen LogP contribution < -0.4 is 5.32 Å². The van der Waals surface area contributed by atoms with Crippen molar-refractivity contribution in [2.24, 2.45) is 5.92 Å². The van der Waals surface area contributed by atoms with Crippen molar-refractivity contribution in [3.63, 3.8) is 0 Å². The van der Waals surface area contributed by atoms with E-state index in [1.54, 1.807) is 0 Å². The van der Waals surface area contributed by atoms with E-state index in [-0.39, 0.29) is 11.6 Å². The third kappa shape index (κ3) is 2.46. The van der Waals surface area contributed by atoms with Crippen molar-refractivity contribution in [2.45, 2.75) is 32.2 Å². The molecule has 1 N–H and O–H groups in total. The van der Waals surface area contributed by atoms with Gasteiger partial charge >= 0.3 is 0 Å². The van der Waals surface area contributed by atoms with Gasteiger partial charge in [0.2, 0.25) is 0 Å². The number of amides is 1. The lowest BCUT2D eigenvalue weighted by Crippen LogP contribution is -2.41. The van der Waals surface area contributed by atoms with Gasteiger partial charge < -0.3 is 5.32 Å². The molecule has 0 heterocycles. The summed E-state index contributed by atoms with van der Waals surface area (Å²) < 4.78 is 26.3. The standard InChI is InChI=1S/C13H15F2NO/c1-8(9-4-2-5-9)16-13(17)10-6-3-7-11(14)12(10)15/h3,6-9H,2,4-5H2,1H3,(H,16,17). The molecule has 2 rings (SSSR count). The zero-order valence-electron chi connectivity index (χ0n) is 9.67. The second-order valence-corrected chi connectivity index (χ2v) is 4.55. The van der Waals surface area contributed by atoms with Crippen LogP contribution in [0.15, 0.2) is 18.2 Å². The molecule has 1 aliphatic carbocycles. The number of halogens is 2. The summed E-state index contributed by atoms with van der Waals surface area (Å²) in [7, 11) is 0. The Morgan fingerprint density at radius 2 is 2.12 bits per heavy atom. The number of benzene rings is 1. The lowest BCUT2D eigenvalue weighted by Gasteiger charge is -2.31. The van der Waals surface area contributed by atoms with Crippen LogP contribution in [-0.4, -0.2) is 11.9 Å². The first kappa shape index (κ1) is 12.0. The van der Waals surface area contributed by atoms with Gasteiger partial charge in [0.15, 0.2) is 11.6 Å². The molecule has 1 atom stereocenters. The average Bonchev–Trinajstić information content (AvgIpc) is 2.19. The molecule has 1 amide bonds. The summed E-state index contributed by atoms with van der Waals surface area (Å²) in [4.78, 5) is 11.8. The van der Waals surface area contributed by atoms with Gasteiger partial charge in [0, 0.05) is 6.04 Å². The molecule has 0 saturated heterocycles. The minimum absolute atomic E-state index is 0.0129. The summed E-state index contributed by atoms with van der Waals surface area (Å²) in [6.07, 6.45) is 3.36. The van der Waals surface area contributed by atoms with Gasteiger partial charge in [0.1, 0.15) is 0 Å². The Hall–Kier alpha value is -1.45. The fourth-order valence-corrected chi connectivity index (χ4v) is 2.02. The number of carbonyl (C=O) groups excluding carboxylic acids is 1. The summed E-state index contributed by atoms with van der Waals surface area (Å²) in [6, 6.07) is 3.64. The zero-order valence-corrected chi connectivity index (χ0v) is 9.67. The molecule has 92 valence electrons. The first-order valence-corrected chi connectivity index (χ1v) is 5.84. The summed E-state index contributed by atoms with van der Waals surface area (Å²) >= 11 is 0. The third-order valence-electron chi connectivity index (χ3n) is 3.41. The highest BCUT2D eigenvalue weighted by Gasteiger charge is 2.26. The van der Waals surface area contributed by atoms with E-state index in [2.05, 4.69) is 5.32 Å². The Morgan fingerprint density at radius 1 is 1.41 bits per heavy atom. The Labute approximate surface area is 99.0 Å². The fraction of sp³-hybridized carbons (Fsp3) is 0.462. The van der Waals surface area contributed by atoms with Gasteiger partial charge in [-0.1, -0.05) is 12.5 Å². The van der Waals surface area contributed by atoms with Crippen LogP contribution >= 0.6 is 0 Å². The van der Waals surface area contributed by atoms with Crippen LogP contribution in [0.2, 0.25) is 0 Å². The van der Waals surface area contributed by atoms with Crippen molar-refractivity contribution >= 4 is 5.91 Å². The number of hydrogen-bond acceptors (Lipinski definition) is 1. The van der Waals surface area contributed by atoms with Crippen molar-refractivity contribution in [3.05, 3.63) is 35.4 Å². The summed E-state index contributed by atoms with van der Waals surface area (Å²) in [6.45, 7) is 1.90. The highest BCUT2D eigenvalue weighted by molar-refractivity contribution is 5.94. The molecule has 17 heavy (non-hydrogen) atoms. The SMILES string of the molecule is CC(NC(=O)c1cccc(F)c1F)C1CCC1. The van der Waals surface area contributed by atoms with E-state index in [9.17, 15) is 13.6 Å². The second kappa shape index (κ2) is 4.82. The summed E-state index contributed by atoms with van der Waals surface area (Å²) in [5.74, 6) is -2.14. The van der Waals surface area contributed by atoms with E-state index in [0.717, 1.165) is 18.9 Å². The molecular weight excluding hydrogens is 224 g/mol. The van der Waals surface area contributed by atoms with Crippen LogP contribution in [0.4, 0.5) is 8.78 Å². The monoisotopic (exact) mass is 239 g/mol. The van der Waals surface area contributed by atoms with Crippen LogP contribution in [0.3, 0.4) is 0 Å². The fourth-order valence-electron chi connectivity index (χ4n) is 2.02. The van der Waals surface area contributed by atoms with Gasteiger partial charge in [-0.15, -0.1) is 0 Å². The molecule has 1 aromatic carbocycles. The van der Waals surface area contributed by atoms with Crippen LogP contribution in [0.1, 0.15) is 36.5 Å². The van der Waals surface area contributed by atoms with Crippen LogP contribution in [-0.2, 0) is 0 Å². The molecule has 0 spiro atoms. The predicted molar refractivity (Wildman–Crippen MR) is 60.6 cm³/mol. The molecule has 1 aromatic rings. The predicted octanol–water partition coefficient (Wildman–Crippen LogP) is 2.88. The molecule has 0 bridgehead atoms. The summed E-state index contributed by atoms with van der Waals surface area (Å²) in [5, 5.41) is 2.72. The van der Waals surface area contributed by atoms with Crippen LogP contribution in [0.5, 0.6) is 0 Å². The molecule has 1 saturated carbocycles. The molecule has 1 unspecified atom stereocenters.